The van der Waals surface area contributed by atoms with Crippen LogP contribution in [-0.2, 0) is 6.18 Å². The van der Waals surface area contributed by atoms with Gasteiger partial charge in [-0.3, -0.25) is 4.98 Å². The summed E-state index contributed by atoms with van der Waals surface area (Å²) in [5, 5.41) is 12.1. The van der Waals surface area contributed by atoms with Gasteiger partial charge in [0.05, 0.1) is 23.3 Å². The Kier molecular flexibility index (Phi) is 3.98. The van der Waals surface area contributed by atoms with Crippen molar-refractivity contribution in [2.75, 3.05) is 0 Å². The van der Waals surface area contributed by atoms with Gasteiger partial charge < -0.3 is 0 Å². The molecule has 0 aliphatic heterocycles. The highest BCUT2D eigenvalue weighted by Crippen LogP contribution is 2.31. The third-order valence-corrected chi connectivity index (χ3v) is 3.93. The quantitative estimate of drug-likeness (QED) is 0.550. The number of pyridine rings is 1. The molecule has 4 aromatic rings. The van der Waals surface area contributed by atoms with Crippen molar-refractivity contribution in [3.8, 4) is 22.6 Å². The standard InChI is InChI=1S/C18H13F3N6/c1-12-9-17(18(19,20)21)27(24-12)15-6-4-14(5-7-15)26-11-16(23-25-26)13-3-2-8-22-10-13/h2-11H,1H3. The Bertz CT molecular complexity index is 1060. The van der Waals surface area contributed by atoms with Crippen LogP contribution >= 0.6 is 0 Å². The van der Waals surface area contributed by atoms with Crippen LogP contribution in [0.1, 0.15) is 11.4 Å². The van der Waals surface area contributed by atoms with Gasteiger partial charge in [-0.25, -0.2) is 9.36 Å². The summed E-state index contributed by atoms with van der Waals surface area (Å²) in [7, 11) is 0. The molecule has 0 saturated carbocycles. The van der Waals surface area contributed by atoms with Crippen molar-refractivity contribution in [2.24, 2.45) is 0 Å². The second kappa shape index (κ2) is 6.35. The van der Waals surface area contributed by atoms with Crippen LogP contribution in [0.25, 0.3) is 22.6 Å². The third kappa shape index (κ3) is 3.31. The molecule has 3 heterocycles. The molecule has 136 valence electrons. The van der Waals surface area contributed by atoms with E-state index in [2.05, 4.69) is 20.4 Å². The number of nitrogens with zero attached hydrogens (tertiary/aromatic N) is 6. The summed E-state index contributed by atoms with van der Waals surface area (Å²) in [4.78, 5) is 4.04. The maximum Gasteiger partial charge on any atom is 0.433 e. The molecule has 0 radical (unpaired) electrons. The highest BCUT2D eigenvalue weighted by molar-refractivity contribution is 5.56. The summed E-state index contributed by atoms with van der Waals surface area (Å²) < 4.78 is 41.9. The molecule has 6 nitrogen and oxygen atoms in total. The lowest BCUT2D eigenvalue weighted by Gasteiger charge is -2.10. The second-order valence-corrected chi connectivity index (χ2v) is 5.89. The maximum atomic E-state index is 13.2. The number of hydrogen-bond acceptors (Lipinski definition) is 4. The number of aryl methyl sites for hydroxylation is 1. The van der Waals surface area contributed by atoms with Gasteiger partial charge in [-0.15, -0.1) is 5.10 Å². The SMILES string of the molecule is Cc1cc(C(F)(F)F)n(-c2ccc(-n3cc(-c4cccnc4)nn3)cc2)n1. The van der Waals surface area contributed by atoms with Crippen molar-refractivity contribution in [1.82, 2.24) is 29.8 Å². The molecule has 0 bridgehead atoms. The van der Waals surface area contributed by atoms with E-state index in [1.165, 1.54) is 6.92 Å². The minimum Gasteiger partial charge on any atom is -0.264 e. The summed E-state index contributed by atoms with van der Waals surface area (Å²) in [6.45, 7) is 1.52. The average Bonchev–Trinajstić information content (AvgIpc) is 3.29. The Hall–Kier alpha value is -3.49. The zero-order valence-corrected chi connectivity index (χ0v) is 14.1. The molecule has 0 atom stereocenters. The largest absolute Gasteiger partial charge is 0.433 e. The first-order valence-corrected chi connectivity index (χ1v) is 7.99. The predicted octanol–water partition coefficient (Wildman–Crippen LogP) is 3.84. The number of rotatable bonds is 3. The van der Waals surface area contributed by atoms with Crippen LogP contribution in [-0.4, -0.2) is 29.8 Å². The number of benzene rings is 1. The molecule has 0 aliphatic carbocycles. The van der Waals surface area contributed by atoms with Gasteiger partial charge in [-0.05, 0) is 49.4 Å². The number of aromatic nitrogens is 6. The van der Waals surface area contributed by atoms with Gasteiger partial charge in [0.2, 0.25) is 0 Å². The van der Waals surface area contributed by atoms with Gasteiger partial charge in [0.25, 0.3) is 0 Å². The number of alkyl halides is 3. The van der Waals surface area contributed by atoms with Gasteiger partial charge in [-0.2, -0.15) is 18.3 Å². The van der Waals surface area contributed by atoms with E-state index in [4.69, 9.17) is 0 Å². The van der Waals surface area contributed by atoms with Crippen LogP contribution in [0.2, 0.25) is 0 Å². The Balaban J connectivity index is 1.65. The molecule has 0 fully saturated rings. The summed E-state index contributed by atoms with van der Waals surface area (Å²) in [6, 6.07) is 11.1. The van der Waals surface area contributed by atoms with E-state index < -0.39 is 11.9 Å². The van der Waals surface area contributed by atoms with Crippen LogP contribution in [0.5, 0.6) is 0 Å². The van der Waals surface area contributed by atoms with Crippen LogP contribution in [0.15, 0.2) is 61.1 Å². The van der Waals surface area contributed by atoms with E-state index in [1.54, 1.807) is 53.6 Å². The molecule has 9 heteroatoms. The van der Waals surface area contributed by atoms with E-state index >= 15 is 0 Å². The summed E-state index contributed by atoms with van der Waals surface area (Å²) in [5.74, 6) is 0. The molecule has 27 heavy (non-hydrogen) atoms. The first-order chi connectivity index (χ1) is 12.9. The van der Waals surface area contributed by atoms with E-state index in [1.807, 2.05) is 6.07 Å². The molecule has 0 saturated heterocycles. The Morgan fingerprint density at radius 1 is 1.00 bits per heavy atom. The van der Waals surface area contributed by atoms with Crippen LogP contribution < -0.4 is 0 Å². The second-order valence-electron chi connectivity index (χ2n) is 5.89. The van der Waals surface area contributed by atoms with E-state index in [-0.39, 0.29) is 0 Å². The lowest BCUT2D eigenvalue weighted by atomic mass is 10.2. The molecule has 0 N–H and O–H groups in total. The molecule has 4 rings (SSSR count). The van der Waals surface area contributed by atoms with Crippen molar-refractivity contribution in [3.63, 3.8) is 0 Å². The molecular formula is C18H13F3N6. The highest BCUT2D eigenvalue weighted by Gasteiger charge is 2.35. The fraction of sp³-hybridized carbons (Fsp3) is 0.111. The fourth-order valence-electron chi connectivity index (χ4n) is 2.68. The lowest BCUT2D eigenvalue weighted by molar-refractivity contribution is -0.142. The van der Waals surface area contributed by atoms with Crippen molar-refractivity contribution >= 4 is 0 Å². The molecule has 0 spiro atoms. The van der Waals surface area contributed by atoms with E-state index in [0.29, 0.717) is 22.8 Å². The van der Waals surface area contributed by atoms with Gasteiger partial charge in [0, 0.05) is 18.0 Å². The molecular weight excluding hydrogens is 357 g/mol. The number of hydrogen-bond donors (Lipinski definition) is 0. The third-order valence-electron chi connectivity index (χ3n) is 3.93. The maximum absolute atomic E-state index is 13.2. The Morgan fingerprint density at radius 3 is 2.41 bits per heavy atom. The van der Waals surface area contributed by atoms with E-state index in [0.717, 1.165) is 16.3 Å². The predicted molar refractivity (Wildman–Crippen MR) is 91.5 cm³/mol. The van der Waals surface area contributed by atoms with Crippen molar-refractivity contribution < 1.29 is 13.2 Å². The first-order valence-electron chi connectivity index (χ1n) is 7.99. The monoisotopic (exact) mass is 370 g/mol. The lowest BCUT2D eigenvalue weighted by Crippen LogP contribution is -2.13. The zero-order chi connectivity index (χ0) is 19.0. The Labute approximate surface area is 151 Å². The molecule has 0 amide bonds. The average molecular weight is 370 g/mol. The van der Waals surface area contributed by atoms with Gasteiger partial charge >= 0.3 is 6.18 Å². The first kappa shape index (κ1) is 17.0. The van der Waals surface area contributed by atoms with Gasteiger partial charge in [0.15, 0.2) is 0 Å². The summed E-state index contributed by atoms with van der Waals surface area (Å²) >= 11 is 0. The normalized spacial score (nSPS) is 11.7. The highest BCUT2D eigenvalue weighted by atomic mass is 19.4. The minimum absolute atomic E-state index is 0.295. The van der Waals surface area contributed by atoms with Gasteiger partial charge in [-0.1, -0.05) is 5.21 Å². The molecule has 0 unspecified atom stereocenters. The Morgan fingerprint density at radius 2 is 1.74 bits per heavy atom. The number of halogens is 3. The van der Waals surface area contributed by atoms with Gasteiger partial charge in [0.1, 0.15) is 11.4 Å². The van der Waals surface area contributed by atoms with Crippen molar-refractivity contribution in [3.05, 3.63) is 72.4 Å². The summed E-state index contributed by atoms with van der Waals surface area (Å²) in [6.07, 6.45) is 0.588. The minimum atomic E-state index is -4.48. The van der Waals surface area contributed by atoms with Crippen molar-refractivity contribution in [2.45, 2.75) is 13.1 Å². The topological polar surface area (TPSA) is 61.4 Å². The van der Waals surface area contributed by atoms with Crippen LogP contribution in [0.3, 0.4) is 0 Å². The molecule has 1 aromatic carbocycles. The van der Waals surface area contributed by atoms with Crippen LogP contribution in [0.4, 0.5) is 13.2 Å². The van der Waals surface area contributed by atoms with E-state index in [9.17, 15) is 13.2 Å². The molecule has 0 aliphatic rings. The molecule has 3 aromatic heterocycles. The van der Waals surface area contributed by atoms with Crippen LogP contribution in [0, 0.1) is 6.92 Å². The van der Waals surface area contributed by atoms with Crippen molar-refractivity contribution in [1.29, 1.82) is 0 Å². The fourth-order valence-corrected chi connectivity index (χ4v) is 2.68. The zero-order valence-electron chi connectivity index (χ0n) is 14.1. The summed E-state index contributed by atoms with van der Waals surface area (Å²) in [5.41, 5.74) is 1.93. The smallest absolute Gasteiger partial charge is 0.264 e.